The van der Waals surface area contributed by atoms with Gasteiger partial charge >= 0.3 is 74.1 Å². The quantitative estimate of drug-likeness (QED) is 0.550. The average Bonchev–Trinajstić information content (AvgIpc) is 2.82. The van der Waals surface area contributed by atoms with Crippen LogP contribution < -0.4 is 0 Å². The molecule has 3 aliphatic rings. The van der Waals surface area contributed by atoms with Gasteiger partial charge in [0.2, 0.25) is 0 Å². The summed E-state index contributed by atoms with van der Waals surface area (Å²) in [5.41, 5.74) is 0. The number of hydrogen-bond acceptors (Lipinski definition) is 6. The zero-order valence-electron chi connectivity index (χ0n) is 7.14. The molecule has 3 rings (SSSR count). The van der Waals surface area contributed by atoms with Crippen LogP contribution in [0.3, 0.4) is 0 Å². The monoisotopic (exact) mass is 211 g/mol. The molecule has 0 aromatic rings. The summed E-state index contributed by atoms with van der Waals surface area (Å²) < 4.78 is 32.8. The standard InChI is InChI=1S/C6H12O6P/c1-2-8-13(7-1,9-3-4-10-13)11-5-6-12-13/h1-6H2/q-1. The Morgan fingerprint density at radius 3 is 0.923 bits per heavy atom. The van der Waals surface area contributed by atoms with Crippen LogP contribution in [0.5, 0.6) is 0 Å². The van der Waals surface area contributed by atoms with Gasteiger partial charge in [0.05, 0.1) is 0 Å². The molecule has 3 heterocycles. The molecule has 0 amide bonds. The van der Waals surface area contributed by atoms with Crippen molar-refractivity contribution in [1.29, 1.82) is 0 Å². The summed E-state index contributed by atoms with van der Waals surface area (Å²) in [6.07, 6.45) is 0. The van der Waals surface area contributed by atoms with Gasteiger partial charge in [-0.3, -0.25) is 0 Å². The SMILES string of the molecule is C1CO[P-]23(O1)(OCCO2)OCCO3. The third kappa shape index (κ3) is 0.824. The molecular weight excluding hydrogens is 199 g/mol. The van der Waals surface area contributed by atoms with Gasteiger partial charge in [0, 0.05) is 0 Å². The van der Waals surface area contributed by atoms with Gasteiger partial charge in [-0.05, 0) is 0 Å². The van der Waals surface area contributed by atoms with E-state index in [4.69, 9.17) is 27.1 Å². The van der Waals surface area contributed by atoms with E-state index in [1.807, 2.05) is 0 Å². The summed E-state index contributed by atoms with van der Waals surface area (Å²) >= 11 is 0. The molecule has 3 saturated heterocycles. The number of hydrogen-bond donors (Lipinski definition) is 0. The summed E-state index contributed by atoms with van der Waals surface area (Å²) in [5.74, 6) is 0. The maximum absolute atomic E-state index is 5.46. The van der Waals surface area contributed by atoms with Gasteiger partial charge in [-0.15, -0.1) is 0 Å². The second-order valence-electron chi connectivity index (χ2n) is 3.12. The Kier molecular flexibility index (Phi) is 1.35. The zero-order chi connectivity index (χ0) is 8.89. The van der Waals surface area contributed by atoms with Gasteiger partial charge in [0.15, 0.2) is 0 Å². The van der Waals surface area contributed by atoms with Gasteiger partial charge in [-0.2, -0.15) is 0 Å². The topological polar surface area (TPSA) is 55.4 Å². The molecule has 0 N–H and O–H groups in total. The van der Waals surface area contributed by atoms with E-state index >= 15 is 0 Å². The van der Waals surface area contributed by atoms with E-state index < -0.39 is 7.31 Å². The third-order valence-electron chi connectivity index (χ3n) is 2.38. The van der Waals surface area contributed by atoms with Gasteiger partial charge in [0.1, 0.15) is 0 Å². The molecule has 13 heavy (non-hydrogen) atoms. The van der Waals surface area contributed by atoms with E-state index in [9.17, 15) is 0 Å². The van der Waals surface area contributed by atoms with Gasteiger partial charge in [-0.25, -0.2) is 0 Å². The fraction of sp³-hybridized carbons (Fsp3) is 1.00. The van der Waals surface area contributed by atoms with Crippen molar-refractivity contribution in [2.75, 3.05) is 39.6 Å². The first-order valence-corrected chi connectivity index (χ1v) is 6.52. The van der Waals surface area contributed by atoms with Crippen molar-refractivity contribution in [2.24, 2.45) is 0 Å². The molecule has 0 radical (unpaired) electrons. The second-order valence-corrected chi connectivity index (χ2v) is 6.90. The van der Waals surface area contributed by atoms with Crippen LogP contribution in [-0.4, -0.2) is 39.6 Å². The first-order valence-electron chi connectivity index (χ1n) is 4.33. The van der Waals surface area contributed by atoms with Crippen LogP contribution in [-0.2, 0) is 27.1 Å². The Balaban J connectivity index is 2.13. The average molecular weight is 211 g/mol. The van der Waals surface area contributed by atoms with Crippen LogP contribution in [0.1, 0.15) is 0 Å². The van der Waals surface area contributed by atoms with Crippen molar-refractivity contribution in [3.05, 3.63) is 0 Å². The van der Waals surface area contributed by atoms with E-state index in [1.54, 1.807) is 0 Å². The van der Waals surface area contributed by atoms with E-state index in [-0.39, 0.29) is 0 Å². The number of rotatable bonds is 0. The summed E-state index contributed by atoms with van der Waals surface area (Å²) in [6, 6.07) is 0. The second kappa shape index (κ2) is 2.06. The minimum atomic E-state index is -4.55. The Labute approximate surface area is 75.0 Å². The van der Waals surface area contributed by atoms with E-state index in [0.29, 0.717) is 39.6 Å². The summed E-state index contributed by atoms with van der Waals surface area (Å²) in [5, 5.41) is 0. The Hall–Kier alpha value is 0.190. The molecule has 7 heteroatoms. The summed E-state index contributed by atoms with van der Waals surface area (Å²) in [7, 11) is -4.55. The molecule has 1 spiro atoms. The molecule has 78 valence electrons. The molecule has 0 aromatic heterocycles. The molecular formula is C6H12O6P-. The van der Waals surface area contributed by atoms with E-state index in [0.717, 1.165) is 0 Å². The molecule has 3 fully saturated rings. The van der Waals surface area contributed by atoms with Crippen LogP contribution in [0.2, 0.25) is 0 Å². The van der Waals surface area contributed by atoms with Gasteiger partial charge in [-0.1, -0.05) is 0 Å². The Morgan fingerprint density at radius 1 is 0.462 bits per heavy atom. The van der Waals surface area contributed by atoms with Crippen LogP contribution in [0.25, 0.3) is 0 Å². The maximum atomic E-state index is 5.46. The van der Waals surface area contributed by atoms with Crippen molar-refractivity contribution in [3.8, 4) is 0 Å². The van der Waals surface area contributed by atoms with Gasteiger partial charge < -0.3 is 0 Å². The van der Waals surface area contributed by atoms with E-state index in [2.05, 4.69) is 0 Å². The van der Waals surface area contributed by atoms with E-state index in [1.165, 1.54) is 0 Å². The summed E-state index contributed by atoms with van der Waals surface area (Å²) in [6.45, 7) is 2.31. The molecule has 0 saturated carbocycles. The predicted molar refractivity (Wildman–Crippen MR) is 42.6 cm³/mol. The summed E-state index contributed by atoms with van der Waals surface area (Å²) in [4.78, 5) is 0. The van der Waals surface area contributed by atoms with Crippen molar-refractivity contribution in [2.45, 2.75) is 0 Å². The van der Waals surface area contributed by atoms with Gasteiger partial charge in [0.25, 0.3) is 0 Å². The normalized spacial score (nSPS) is 44.3. The fourth-order valence-corrected chi connectivity index (χ4v) is 5.70. The van der Waals surface area contributed by atoms with Crippen molar-refractivity contribution < 1.29 is 27.1 Å². The molecule has 0 aromatic carbocycles. The van der Waals surface area contributed by atoms with Crippen molar-refractivity contribution in [1.82, 2.24) is 0 Å². The Morgan fingerprint density at radius 2 is 0.692 bits per heavy atom. The Bertz CT molecular complexity index is 184. The van der Waals surface area contributed by atoms with Crippen molar-refractivity contribution in [3.63, 3.8) is 0 Å². The zero-order valence-corrected chi connectivity index (χ0v) is 8.03. The molecule has 0 atom stereocenters. The van der Waals surface area contributed by atoms with Crippen LogP contribution in [0, 0.1) is 0 Å². The molecule has 0 unspecified atom stereocenters. The minimum absolute atomic E-state index is 0.385. The predicted octanol–water partition coefficient (Wildman–Crippen LogP) is 0.706. The third-order valence-corrected chi connectivity index (χ3v) is 6.64. The molecule has 6 nitrogen and oxygen atoms in total. The van der Waals surface area contributed by atoms with Crippen molar-refractivity contribution >= 4 is 7.31 Å². The first kappa shape index (κ1) is 8.49. The first-order chi connectivity index (χ1) is 6.23. The molecule has 0 bridgehead atoms. The fourth-order valence-electron chi connectivity index (χ4n) is 1.90. The van der Waals surface area contributed by atoms with Crippen LogP contribution in [0.4, 0.5) is 0 Å². The van der Waals surface area contributed by atoms with Crippen LogP contribution >= 0.6 is 7.31 Å². The van der Waals surface area contributed by atoms with Crippen LogP contribution in [0.15, 0.2) is 0 Å². The molecule has 0 aliphatic carbocycles. The molecule has 3 aliphatic heterocycles.